The number of halogens is 3. The van der Waals surface area contributed by atoms with E-state index in [2.05, 4.69) is 4.98 Å². The number of nitrogens with zero attached hydrogens (tertiary/aromatic N) is 1. The number of pyridine rings is 1. The van der Waals surface area contributed by atoms with Gasteiger partial charge in [0.1, 0.15) is 0 Å². The van der Waals surface area contributed by atoms with Crippen LogP contribution in [0.3, 0.4) is 0 Å². The highest BCUT2D eigenvalue weighted by Gasteiger charge is 2.34. The Labute approximate surface area is 212 Å². The molecule has 3 aromatic carbocycles. The fourth-order valence-corrected chi connectivity index (χ4v) is 5.16. The fourth-order valence-electron chi connectivity index (χ4n) is 4.49. The Hall–Kier alpha value is -3.72. The summed E-state index contributed by atoms with van der Waals surface area (Å²) >= 11 is 0. The minimum atomic E-state index is -4.58. The van der Waals surface area contributed by atoms with Crippen LogP contribution in [0.4, 0.5) is 13.2 Å². The lowest BCUT2D eigenvalue weighted by Gasteiger charge is -2.19. The largest absolute Gasteiger partial charge is 0.478 e. The summed E-state index contributed by atoms with van der Waals surface area (Å²) in [7, 11) is -3.71. The Balaban J connectivity index is 2.04. The third-order valence-electron chi connectivity index (χ3n) is 6.36. The van der Waals surface area contributed by atoms with Crippen LogP contribution < -0.4 is 0 Å². The van der Waals surface area contributed by atoms with E-state index in [1.807, 2.05) is 13.8 Å². The number of carbonyl (C=O) groups is 1. The SMILES string of the molecule is Cc1c(C(=O)O)cc(S(C)(=O)=O)cc1-c1cccc(-c2c(C(C)C)cnc3c(C(F)(F)F)cccc23)c1. The minimum absolute atomic E-state index is 0.0565. The highest BCUT2D eigenvalue weighted by molar-refractivity contribution is 7.90. The number of aromatic carboxylic acids is 1. The van der Waals surface area contributed by atoms with Crippen LogP contribution >= 0.6 is 0 Å². The molecule has 1 N–H and O–H groups in total. The van der Waals surface area contributed by atoms with Crippen LogP contribution in [-0.2, 0) is 16.0 Å². The first-order valence-electron chi connectivity index (χ1n) is 11.4. The number of aromatic nitrogens is 1. The van der Waals surface area contributed by atoms with E-state index in [4.69, 9.17) is 0 Å². The van der Waals surface area contributed by atoms with Crippen molar-refractivity contribution in [2.45, 2.75) is 37.8 Å². The number of rotatable bonds is 5. The molecule has 9 heteroatoms. The van der Waals surface area contributed by atoms with Gasteiger partial charge in [-0.05, 0) is 70.5 Å². The topological polar surface area (TPSA) is 84.3 Å². The molecule has 1 heterocycles. The van der Waals surface area contributed by atoms with E-state index in [0.717, 1.165) is 24.0 Å². The minimum Gasteiger partial charge on any atom is -0.478 e. The maximum Gasteiger partial charge on any atom is 0.418 e. The summed E-state index contributed by atoms with van der Waals surface area (Å²) in [5, 5.41) is 10.0. The van der Waals surface area contributed by atoms with Gasteiger partial charge >= 0.3 is 12.1 Å². The molecule has 0 unspecified atom stereocenters. The molecule has 0 aliphatic heterocycles. The van der Waals surface area contributed by atoms with Crippen LogP contribution in [0.5, 0.6) is 0 Å². The van der Waals surface area contributed by atoms with Crippen molar-refractivity contribution in [1.82, 2.24) is 4.98 Å². The lowest BCUT2D eigenvalue weighted by Crippen LogP contribution is -2.08. The Morgan fingerprint density at radius 2 is 1.65 bits per heavy atom. The normalized spacial score (nSPS) is 12.3. The molecule has 1 aromatic heterocycles. The fraction of sp³-hybridized carbons (Fsp3) is 0.214. The summed E-state index contributed by atoms with van der Waals surface area (Å²) in [4.78, 5) is 15.9. The Morgan fingerprint density at radius 3 is 2.24 bits per heavy atom. The van der Waals surface area contributed by atoms with Gasteiger partial charge in [-0.1, -0.05) is 44.2 Å². The van der Waals surface area contributed by atoms with E-state index in [-0.39, 0.29) is 21.9 Å². The van der Waals surface area contributed by atoms with Crippen molar-refractivity contribution >= 4 is 26.7 Å². The molecule has 5 nitrogen and oxygen atoms in total. The number of para-hydroxylation sites is 1. The number of sulfone groups is 1. The summed E-state index contributed by atoms with van der Waals surface area (Å²) in [5.41, 5.74) is 2.12. The van der Waals surface area contributed by atoms with Crippen molar-refractivity contribution in [1.29, 1.82) is 0 Å². The molecular weight excluding hydrogens is 503 g/mol. The summed E-state index contributed by atoms with van der Waals surface area (Å²) in [5.74, 6) is -1.32. The standard InChI is InChI=1S/C28H24F3NO4S/c1-15(2)23-14-32-26-20(9-6-10-24(26)28(29,30)31)25(23)18-8-5-7-17(11-18)21-12-19(37(4,35)36)13-22(16(21)3)27(33)34/h5-15H,1-4H3,(H,33,34). The third-order valence-corrected chi connectivity index (χ3v) is 7.45. The predicted octanol–water partition coefficient (Wildman–Crippen LogP) is 7.12. The molecule has 0 amide bonds. The zero-order valence-corrected chi connectivity index (χ0v) is 21.3. The zero-order valence-electron chi connectivity index (χ0n) is 20.5. The lowest BCUT2D eigenvalue weighted by atomic mass is 9.88. The van der Waals surface area contributed by atoms with Gasteiger partial charge in [0.05, 0.1) is 21.5 Å². The van der Waals surface area contributed by atoms with E-state index < -0.39 is 27.5 Å². The molecule has 192 valence electrons. The summed E-state index contributed by atoms with van der Waals surface area (Å²) < 4.78 is 65.8. The van der Waals surface area contributed by atoms with Crippen LogP contribution in [0, 0.1) is 6.92 Å². The van der Waals surface area contributed by atoms with Crippen molar-refractivity contribution in [2.24, 2.45) is 0 Å². The maximum absolute atomic E-state index is 13.7. The van der Waals surface area contributed by atoms with Crippen LogP contribution in [-0.4, -0.2) is 30.7 Å². The molecule has 0 bridgehead atoms. The molecule has 37 heavy (non-hydrogen) atoms. The molecule has 0 aliphatic carbocycles. The number of fused-ring (bicyclic) bond motifs is 1. The first-order valence-corrected chi connectivity index (χ1v) is 13.3. The quantitative estimate of drug-likeness (QED) is 0.299. The van der Waals surface area contributed by atoms with Gasteiger partial charge < -0.3 is 5.11 Å². The highest BCUT2D eigenvalue weighted by atomic mass is 32.2. The third kappa shape index (κ3) is 4.96. The van der Waals surface area contributed by atoms with Crippen LogP contribution in [0.1, 0.15) is 46.8 Å². The second kappa shape index (κ2) is 9.30. The van der Waals surface area contributed by atoms with Crippen molar-refractivity contribution in [3.05, 3.63) is 83.0 Å². The van der Waals surface area contributed by atoms with Crippen LogP contribution in [0.25, 0.3) is 33.2 Å². The van der Waals surface area contributed by atoms with E-state index in [1.165, 1.54) is 18.3 Å². The van der Waals surface area contributed by atoms with Crippen molar-refractivity contribution in [3.8, 4) is 22.3 Å². The smallest absolute Gasteiger partial charge is 0.418 e. The molecule has 0 radical (unpaired) electrons. The van der Waals surface area contributed by atoms with Gasteiger partial charge in [0, 0.05) is 17.8 Å². The average Bonchev–Trinajstić information content (AvgIpc) is 2.81. The molecule has 0 atom stereocenters. The van der Waals surface area contributed by atoms with E-state index in [0.29, 0.717) is 33.2 Å². The molecule has 0 fully saturated rings. The Kier molecular flexibility index (Phi) is 6.62. The number of carboxylic acid groups (broad SMARTS) is 1. The van der Waals surface area contributed by atoms with Gasteiger partial charge in [0.25, 0.3) is 0 Å². The molecule has 4 aromatic rings. The molecule has 0 spiro atoms. The highest BCUT2D eigenvalue weighted by Crippen LogP contribution is 2.41. The molecular formula is C28H24F3NO4S. The van der Waals surface area contributed by atoms with E-state index in [9.17, 15) is 31.5 Å². The molecule has 0 saturated heterocycles. The monoisotopic (exact) mass is 527 g/mol. The average molecular weight is 528 g/mol. The van der Waals surface area contributed by atoms with Gasteiger partial charge in [0.2, 0.25) is 0 Å². The second-order valence-corrected chi connectivity index (χ2v) is 11.3. The number of alkyl halides is 3. The number of benzene rings is 3. The van der Waals surface area contributed by atoms with Gasteiger partial charge in [0.15, 0.2) is 9.84 Å². The summed E-state index contributed by atoms with van der Waals surface area (Å²) in [6.07, 6.45) is -2.12. The Morgan fingerprint density at radius 1 is 1.00 bits per heavy atom. The Bertz CT molecular complexity index is 1660. The summed E-state index contributed by atoms with van der Waals surface area (Å²) in [6, 6.07) is 13.4. The zero-order chi connectivity index (χ0) is 27.3. The molecule has 0 aliphatic rings. The first-order chi connectivity index (χ1) is 17.2. The van der Waals surface area contributed by atoms with Crippen LogP contribution in [0.2, 0.25) is 0 Å². The van der Waals surface area contributed by atoms with Crippen LogP contribution in [0.15, 0.2) is 65.7 Å². The van der Waals surface area contributed by atoms with Gasteiger partial charge in [-0.15, -0.1) is 0 Å². The number of carboxylic acids is 1. The van der Waals surface area contributed by atoms with Gasteiger partial charge in [-0.25, -0.2) is 13.2 Å². The van der Waals surface area contributed by atoms with Gasteiger partial charge in [-0.3, -0.25) is 4.98 Å². The predicted molar refractivity (Wildman–Crippen MR) is 137 cm³/mol. The van der Waals surface area contributed by atoms with Gasteiger partial charge in [-0.2, -0.15) is 13.2 Å². The number of hydrogen-bond acceptors (Lipinski definition) is 4. The van der Waals surface area contributed by atoms with E-state index in [1.54, 1.807) is 37.3 Å². The van der Waals surface area contributed by atoms with E-state index >= 15 is 0 Å². The van der Waals surface area contributed by atoms with Crippen molar-refractivity contribution in [2.75, 3.05) is 6.26 Å². The maximum atomic E-state index is 13.7. The second-order valence-electron chi connectivity index (χ2n) is 9.24. The lowest BCUT2D eigenvalue weighted by molar-refractivity contribution is -0.136. The summed E-state index contributed by atoms with van der Waals surface area (Å²) in [6.45, 7) is 5.43. The molecule has 4 rings (SSSR count). The first kappa shape index (κ1) is 26.3. The van der Waals surface area contributed by atoms with Crippen molar-refractivity contribution < 1.29 is 31.5 Å². The molecule has 0 saturated carbocycles. The van der Waals surface area contributed by atoms with Crippen molar-refractivity contribution in [3.63, 3.8) is 0 Å². The number of hydrogen-bond donors (Lipinski definition) is 1.